The third kappa shape index (κ3) is 4.69. The Bertz CT molecular complexity index is 504. The lowest BCUT2D eigenvalue weighted by Gasteiger charge is -2.31. The van der Waals surface area contributed by atoms with Crippen LogP contribution in [-0.4, -0.2) is 53.4 Å². The summed E-state index contributed by atoms with van der Waals surface area (Å²) < 4.78 is 6.61. The van der Waals surface area contributed by atoms with E-state index in [1.54, 1.807) is 0 Å². The number of hydrogen-bond acceptors (Lipinski definition) is 5. The van der Waals surface area contributed by atoms with E-state index in [0.29, 0.717) is 19.0 Å². The van der Waals surface area contributed by atoms with E-state index in [0.717, 1.165) is 37.6 Å². The zero-order chi connectivity index (χ0) is 15.4. The van der Waals surface area contributed by atoms with Crippen molar-refractivity contribution in [3.63, 3.8) is 0 Å². The molecule has 0 spiro atoms. The monoisotopic (exact) mass is 330 g/mol. The molecule has 1 aromatic heterocycles. The van der Waals surface area contributed by atoms with Crippen molar-refractivity contribution in [1.82, 2.24) is 20.0 Å². The minimum Gasteiger partial charge on any atom is -0.469 e. The molecule has 1 aromatic rings. The van der Waals surface area contributed by atoms with Crippen molar-refractivity contribution in [2.75, 3.05) is 26.7 Å². The van der Waals surface area contributed by atoms with Crippen molar-refractivity contribution >= 4 is 18.4 Å². The molecule has 2 rings (SSSR count). The molecule has 126 valence electrons. The molecule has 6 nitrogen and oxygen atoms in total. The smallest absolute Gasteiger partial charge is 0.307 e. The first-order chi connectivity index (χ1) is 10.0. The maximum atomic E-state index is 11.3. The maximum Gasteiger partial charge on any atom is 0.307 e. The van der Waals surface area contributed by atoms with Crippen LogP contribution in [0.15, 0.2) is 0 Å². The highest BCUT2D eigenvalue weighted by molar-refractivity contribution is 5.85. The van der Waals surface area contributed by atoms with Gasteiger partial charge >= 0.3 is 5.97 Å². The average molecular weight is 331 g/mol. The lowest BCUT2D eigenvalue weighted by molar-refractivity contribution is -0.140. The van der Waals surface area contributed by atoms with E-state index in [4.69, 9.17) is 0 Å². The van der Waals surface area contributed by atoms with E-state index in [2.05, 4.69) is 33.9 Å². The fraction of sp³-hybridized carbons (Fsp3) is 0.733. The fourth-order valence-corrected chi connectivity index (χ4v) is 2.86. The molecule has 1 aliphatic heterocycles. The number of esters is 1. The predicted molar refractivity (Wildman–Crippen MR) is 88.3 cm³/mol. The Morgan fingerprint density at radius 3 is 2.82 bits per heavy atom. The first-order valence-corrected chi connectivity index (χ1v) is 7.56. The summed E-state index contributed by atoms with van der Waals surface area (Å²) in [5.41, 5.74) is 3.50. The number of ether oxygens (including phenoxy) is 1. The Hall–Kier alpha value is -1.11. The SMILES string of the molecule is COC(=O)CCn1nc(C)c(CN2CCN[C@H](C)C2)c1C.Cl. The molecule has 1 saturated heterocycles. The summed E-state index contributed by atoms with van der Waals surface area (Å²) in [7, 11) is 1.42. The minimum absolute atomic E-state index is 0. The summed E-state index contributed by atoms with van der Waals surface area (Å²) in [5, 5.41) is 8.03. The van der Waals surface area contributed by atoms with Crippen LogP contribution in [0.1, 0.15) is 30.3 Å². The number of nitrogens with one attached hydrogen (secondary N) is 1. The van der Waals surface area contributed by atoms with Crippen LogP contribution in [0.3, 0.4) is 0 Å². The topological polar surface area (TPSA) is 59.4 Å². The van der Waals surface area contributed by atoms with Gasteiger partial charge in [0.1, 0.15) is 0 Å². The number of aromatic nitrogens is 2. The van der Waals surface area contributed by atoms with Crippen LogP contribution in [0.25, 0.3) is 0 Å². The summed E-state index contributed by atoms with van der Waals surface area (Å²) in [6, 6.07) is 0.536. The largest absolute Gasteiger partial charge is 0.469 e. The molecule has 0 saturated carbocycles. The van der Waals surface area contributed by atoms with Gasteiger partial charge in [-0.2, -0.15) is 5.10 Å². The van der Waals surface area contributed by atoms with Crippen molar-refractivity contribution in [3.05, 3.63) is 17.0 Å². The number of nitrogens with zero attached hydrogens (tertiary/aromatic N) is 3. The highest BCUT2D eigenvalue weighted by Gasteiger charge is 2.19. The van der Waals surface area contributed by atoms with E-state index in [-0.39, 0.29) is 18.4 Å². The van der Waals surface area contributed by atoms with Gasteiger partial charge in [0.25, 0.3) is 0 Å². The fourth-order valence-electron chi connectivity index (χ4n) is 2.86. The third-order valence-electron chi connectivity index (χ3n) is 4.12. The Kier molecular flexibility index (Phi) is 7.32. The quantitative estimate of drug-likeness (QED) is 0.824. The minimum atomic E-state index is -0.194. The number of carbonyl (C=O) groups excluding carboxylic acids is 1. The van der Waals surface area contributed by atoms with Gasteiger partial charge in [0, 0.05) is 43.5 Å². The first-order valence-electron chi connectivity index (χ1n) is 7.56. The van der Waals surface area contributed by atoms with Gasteiger partial charge in [-0.1, -0.05) is 0 Å². The van der Waals surface area contributed by atoms with Crippen LogP contribution in [0.4, 0.5) is 0 Å². The molecule has 0 aromatic carbocycles. The average Bonchev–Trinajstić information content (AvgIpc) is 2.72. The van der Waals surface area contributed by atoms with Crippen LogP contribution in [0, 0.1) is 13.8 Å². The predicted octanol–water partition coefficient (Wildman–Crippen LogP) is 1.28. The highest BCUT2D eigenvalue weighted by Crippen LogP contribution is 2.17. The number of hydrogen-bond donors (Lipinski definition) is 1. The van der Waals surface area contributed by atoms with E-state index < -0.39 is 0 Å². The van der Waals surface area contributed by atoms with E-state index in [1.165, 1.54) is 12.7 Å². The van der Waals surface area contributed by atoms with Gasteiger partial charge in [0.15, 0.2) is 0 Å². The second kappa shape index (κ2) is 8.50. The van der Waals surface area contributed by atoms with Gasteiger partial charge in [-0.15, -0.1) is 12.4 Å². The standard InChI is InChI=1S/C15H26N4O2.ClH/c1-11-9-18(8-6-16-11)10-14-12(2)17-19(13(14)3)7-5-15(20)21-4;/h11,16H,5-10H2,1-4H3;1H/t11-;/m1./s1. The molecule has 1 aliphatic rings. The lowest BCUT2D eigenvalue weighted by atomic mass is 10.1. The summed E-state index contributed by atoms with van der Waals surface area (Å²) in [6.07, 6.45) is 0.364. The molecule has 0 unspecified atom stereocenters. The molecule has 0 aliphatic carbocycles. The van der Waals surface area contributed by atoms with Crippen LogP contribution in [0.2, 0.25) is 0 Å². The molecule has 2 heterocycles. The number of rotatable bonds is 5. The summed E-state index contributed by atoms with van der Waals surface area (Å²) in [4.78, 5) is 13.7. The maximum absolute atomic E-state index is 11.3. The molecule has 1 N–H and O–H groups in total. The molecule has 1 atom stereocenters. The summed E-state index contributed by atoms with van der Waals surface area (Å²) in [6.45, 7) is 11.0. The Morgan fingerprint density at radius 2 is 2.18 bits per heavy atom. The second-order valence-corrected chi connectivity index (χ2v) is 5.79. The van der Waals surface area contributed by atoms with Crippen molar-refractivity contribution in [2.24, 2.45) is 0 Å². The van der Waals surface area contributed by atoms with E-state index >= 15 is 0 Å². The molecule has 0 radical (unpaired) electrons. The Labute approximate surface area is 138 Å². The van der Waals surface area contributed by atoms with E-state index in [9.17, 15) is 4.79 Å². The number of carbonyl (C=O) groups is 1. The van der Waals surface area contributed by atoms with Gasteiger partial charge in [-0.25, -0.2) is 0 Å². The molecule has 1 fully saturated rings. The van der Waals surface area contributed by atoms with Gasteiger partial charge in [0.2, 0.25) is 0 Å². The van der Waals surface area contributed by atoms with Gasteiger partial charge in [-0.3, -0.25) is 14.4 Å². The third-order valence-corrected chi connectivity index (χ3v) is 4.12. The summed E-state index contributed by atoms with van der Waals surface area (Å²) in [5.74, 6) is -0.194. The van der Waals surface area contributed by atoms with Crippen molar-refractivity contribution in [3.8, 4) is 0 Å². The molecular formula is C15H27ClN4O2. The Morgan fingerprint density at radius 1 is 1.45 bits per heavy atom. The lowest BCUT2D eigenvalue weighted by Crippen LogP contribution is -2.48. The van der Waals surface area contributed by atoms with Crippen LogP contribution in [0.5, 0.6) is 0 Å². The number of piperazine rings is 1. The van der Waals surface area contributed by atoms with Crippen LogP contribution < -0.4 is 5.32 Å². The van der Waals surface area contributed by atoms with E-state index in [1.807, 2.05) is 11.6 Å². The Balaban J connectivity index is 0.00000242. The molecule has 22 heavy (non-hydrogen) atoms. The first kappa shape index (κ1) is 18.9. The molecule has 0 amide bonds. The van der Waals surface area contributed by atoms with Gasteiger partial charge in [-0.05, 0) is 20.8 Å². The van der Waals surface area contributed by atoms with Crippen molar-refractivity contribution < 1.29 is 9.53 Å². The van der Waals surface area contributed by atoms with Crippen LogP contribution in [-0.2, 0) is 22.6 Å². The van der Waals surface area contributed by atoms with Gasteiger partial charge in [0.05, 0.1) is 25.8 Å². The van der Waals surface area contributed by atoms with Crippen molar-refractivity contribution in [1.29, 1.82) is 0 Å². The van der Waals surface area contributed by atoms with Crippen molar-refractivity contribution in [2.45, 2.75) is 46.3 Å². The zero-order valence-electron chi connectivity index (χ0n) is 13.9. The molecule has 0 bridgehead atoms. The molecule has 7 heteroatoms. The highest BCUT2D eigenvalue weighted by atomic mass is 35.5. The number of methoxy groups -OCH3 is 1. The normalized spacial score (nSPS) is 18.8. The van der Waals surface area contributed by atoms with Crippen LogP contribution >= 0.6 is 12.4 Å². The number of aryl methyl sites for hydroxylation is 2. The summed E-state index contributed by atoms with van der Waals surface area (Å²) >= 11 is 0. The molecular weight excluding hydrogens is 304 g/mol. The second-order valence-electron chi connectivity index (χ2n) is 5.79. The zero-order valence-corrected chi connectivity index (χ0v) is 14.7. The number of halogens is 1. The van der Waals surface area contributed by atoms with Gasteiger partial charge < -0.3 is 10.1 Å².